The summed E-state index contributed by atoms with van der Waals surface area (Å²) in [6.07, 6.45) is 2.74. The Morgan fingerprint density at radius 2 is 1.64 bits per heavy atom. The molecule has 2 N–H and O–H groups in total. The fourth-order valence-electron chi connectivity index (χ4n) is 2.63. The molecule has 1 aromatic carbocycles. The number of amides is 2. The molecule has 28 heavy (non-hydrogen) atoms. The highest BCUT2D eigenvalue weighted by atomic mass is 16.6. The summed E-state index contributed by atoms with van der Waals surface area (Å²) in [7, 11) is 0. The van der Waals surface area contributed by atoms with E-state index in [1.54, 1.807) is 31.2 Å². The SMILES string of the molecule is Cc1cc(NC(=O)c2cncc(C(=O)Nc3ccc4c(c3)OCCO4)c2)no1. The molecule has 0 saturated heterocycles. The van der Waals surface area contributed by atoms with Gasteiger partial charge in [0.05, 0.1) is 11.1 Å². The smallest absolute Gasteiger partial charge is 0.258 e. The lowest BCUT2D eigenvalue weighted by molar-refractivity contribution is 0.102. The van der Waals surface area contributed by atoms with E-state index in [1.165, 1.54) is 18.5 Å². The van der Waals surface area contributed by atoms with Gasteiger partial charge in [-0.25, -0.2) is 0 Å². The maximum atomic E-state index is 12.5. The Balaban J connectivity index is 1.47. The van der Waals surface area contributed by atoms with Gasteiger partial charge in [-0.1, -0.05) is 5.16 Å². The summed E-state index contributed by atoms with van der Waals surface area (Å²) in [4.78, 5) is 28.8. The number of carbonyl (C=O) groups excluding carboxylic acids is 2. The molecule has 2 aromatic heterocycles. The average Bonchev–Trinajstić information content (AvgIpc) is 3.12. The number of hydrogen-bond donors (Lipinski definition) is 2. The Morgan fingerprint density at radius 1 is 0.929 bits per heavy atom. The van der Waals surface area contributed by atoms with Crippen LogP contribution in [0.2, 0.25) is 0 Å². The molecule has 0 spiro atoms. The van der Waals surface area contributed by atoms with E-state index in [0.717, 1.165) is 0 Å². The lowest BCUT2D eigenvalue weighted by atomic mass is 10.1. The monoisotopic (exact) mass is 380 g/mol. The van der Waals surface area contributed by atoms with E-state index in [0.29, 0.717) is 36.2 Å². The van der Waals surface area contributed by atoms with Gasteiger partial charge in [0.25, 0.3) is 11.8 Å². The van der Waals surface area contributed by atoms with Gasteiger partial charge in [-0.15, -0.1) is 0 Å². The summed E-state index contributed by atoms with van der Waals surface area (Å²) >= 11 is 0. The van der Waals surface area contributed by atoms with Crippen LogP contribution in [-0.2, 0) is 0 Å². The Hall–Kier alpha value is -3.88. The van der Waals surface area contributed by atoms with E-state index in [9.17, 15) is 9.59 Å². The number of benzene rings is 1. The number of ether oxygens (including phenoxy) is 2. The summed E-state index contributed by atoms with van der Waals surface area (Å²) in [6.45, 7) is 2.66. The van der Waals surface area contributed by atoms with E-state index in [4.69, 9.17) is 14.0 Å². The van der Waals surface area contributed by atoms with Crippen molar-refractivity contribution in [3.05, 3.63) is 59.6 Å². The van der Waals surface area contributed by atoms with Gasteiger partial charge in [-0.3, -0.25) is 14.6 Å². The number of fused-ring (bicyclic) bond motifs is 1. The van der Waals surface area contributed by atoms with E-state index < -0.39 is 11.8 Å². The summed E-state index contributed by atoms with van der Waals surface area (Å²) < 4.78 is 15.9. The Morgan fingerprint density at radius 3 is 2.36 bits per heavy atom. The lowest BCUT2D eigenvalue weighted by Gasteiger charge is -2.19. The Bertz CT molecular complexity index is 1050. The molecule has 3 heterocycles. The third-order valence-corrected chi connectivity index (χ3v) is 3.93. The van der Waals surface area contributed by atoms with Crippen LogP contribution in [0.25, 0.3) is 0 Å². The first-order chi connectivity index (χ1) is 13.6. The van der Waals surface area contributed by atoms with Crippen LogP contribution in [0.5, 0.6) is 11.5 Å². The molecule has 0 radical (unpaired) electrons. The van der Waals surface area contributed by atoms with E-state index in [1.807, 2.05) is 0 Å². The normalized spacial score (nSPS) is 12.3. The Labute approximate surface area is 159 Å². The van der Waals surface area contributed by atoms with Crippen LogP contribution < -0.4 is 20.1 Å². The number of nitrogens with one attached hydrogen (secondary N) is 2. The van der Waals surface area contributed by atoms with E-state index in [2.05, 4.69) is 20.8 Å². The summed E-state index contributed by atoms with van der Waals surface area (Å²) in [5.41, 5.74) is 0.997. The van der Waals surface area contributed by atoms with Gasteiger partial charge in [0.15, 0.2) is 17.3 Å². The molecule has 0 atom stereocenters. The van der Waals surface area contributed by atoms with Gasteiger partial charge in [-0.05, 0) is 25.1 Å². The molecule has 4 rings (SSSR count). The van der Waals surface area contributed by atoms with Crippen LogP contribution in [0.15, 0.2) is 47.2 Å². The highest BCUT2D eigenvalue weighted by Gasteiger charge is 2.15. The van der Waals surface area contributed by atoms with Gasteiger partial charge in [0.2, 0.25) is 0 Å². The van der Waals surface area contributed by atoms with Crippen molar-refractivity contribution in [2.75, 3.05) is 23.8 Å². The van der Waals surface area contributed by atoms with E-state index >= 15 is 0 Å². The summed E-state index contributed by atoms with van der Waals surface area (Å²) in [5, 5.41) is 9.04. The van der Waals surface area contributed by atoms with Crippen LogP contribution in [0.3, 0.4) is 0 Å². The number of rotatable bonds is 4. The second kappa shape index (κ2) is 7.39. The predicted octanol–water partition coefficient (Wildman–Crippen LogP) is 2.65. The van der Waals surface area contributed by atoms with Crippen molar-refractivity contribution < 1.29 is 23.6 Å². The topological polar surface area (TPSA) is 116 Å². The highest BCUT2D eigenvalue weighted by Crippen LogP contribution is 2.32. The molecule has 9 heteroatoms. The van der Waals surface area contributed by atoms with Crippen molar-refractivity contribution in [1.29, 1.82) is 0 Å². The van der Waals surface area contributed by atoms with Crippen molar-refractivity contribution in [2.24, 2.45) is 0 Å². The maximum absolute atomic E-state index is 12.5. The molecule has 0 bridgehead atoms. The number of pyridine rings is 1. The van der Waals surface area contributed by atoms with Crippen LogP contribution in [0.1, 0.15) is 26.5 Å². The van der Waals surface area contributed by atoms with Crippen molar-refractivity contribution in [1.82, 2.24) is 10.1 Å². The molecule has 0 unspecified atom stereocenters. The molecule has 1 aliphatic heterocycles. The average molecular weight is 380 g/mol. The first-order valence-electron chi connectivity index (χ1n) is 8.49. The highest BCUT2D eigenvalue weighted by molar-refractivity contribution is 6.08. The minimum atomic E-state index is -0.449. The molecule has 3 aromatic rings. The minimum absolute atomic E-state index is 0.218. The largest absolute Gasteiger partial charge is 0.486 e. The number of hydrogen-bond acceptors (Lipinski definition) is 7. The molecule has 1 aliphatic rings. The molecule has 142 valence electrons. The van der Waals surface area contributed by atoms with Crippen LogP contribution >= 0.6 is 0 Å². The minimum Gasteiger partial charge on any atom is -0.486 e. The molecule has 0 saturated carbocycles. The molecule has 0 aliphatic carbocycles. The van der Waals surface area contributed by atoms with Crippen molar-refractivity contribution in [3.63, 3.8) is 0 Å². The van der Waals surface area contributed by atoms with Crippen molar-refractivity contribution >= 4 is 23.3 Å². The van der Waals surface area contributed by atoms with E-state index in [-0.39, 0.29) is 16.9 Å². The zero-order valence-electron chi connectivity index (χ0n) is 14.9. The third-order valence-electron chi connectivity index (χ3n) is 3.93. The van der Waals surface area contributed by atoms with Crippen LogP contribution in [0.4, 0.5) is 11.5 Å². The number of nitrogens with zero attached hydrogens (tertiary/aromatic N) is 2. The molecular weight excluding hydrogens is 364 g/mol. The molecule has 9 nitrogen and oxygen atoms in total. The van der Waals surface area contributed by atoms with Gasteiger partial charge < -0.3 is 24.6 Å². The fraction of sp³-hybridized carbons (Fsp3) is 0.158. The van der Waals surface area contributed by atoms with Crippen LogP contribution in [-0.4, -0.2) is 35.2 Å². The third kappa shape index (κ3) is 3.78. The Kier molecular flexibility index (Phi) is 4.63. The lowest BCUT2D eigenvalue weighted by Crippen LogP contribution is -2.17. The van der Waals surface area contributed by atoms with Gasteiger partial charge >= 0.3 is 0 Å². The number of aryl methyl sites for hydroxylation is 1. The van der Waals surface area contributed by atoms with Crippen molar-refractivity contribution in [2.45, 2.75) is 6.92 Å². The maximum Gasteiger partial charge on any atom is 0.258 e. The quantitative estimate of drug-likeness (QED) is 0.715. The van der Waals surface area contributed by atoms with Crippen molar-refractivity contribution in [3.8, 4) is 11.5 Å². The zero-order chi connectivity index (χ0) is 19.5. The molecular formula is C19H16N4O5. The predicted molar refractivity (Wildman–Crippen MR) is 98.8 cm³/mol. The van der Waals surface area contributed by atoms with Gasteiger partial charge in [-0.2, -0.15) is 0 Å². The molecule has 0 fully saturated rings. The summed E-state index contributed by atoms with van der Waals surface area (Å²) in [6, 6.07) is 8.16. The van der Waals surface area contributed by atoms with Crippen LogP contribution in [0, 0.1) is 6.92 Å². The fourth-order valence-corrected chi connectivity index (χ4v) is 2.63. The summed E-state index contributed by atoms with van der Waals surface area (Å²) in [5.74, 6) is 1.20. The number of aromatic nitrogens is 2. The second-order valence-electron chi connectivity index (χ2n) is 6.05. The number of anilines is 2. The van der Waals surface area contributed by atoms with Gasteiger partial charge in [0, 0.05) is 30.2 Å². The number of carbonyl (C=O) groups is 2. The molecule has 2 amide bonds. The first-order valence-corrected chi connectivity index (χ1v) is 8.49. The second-order valence-corrected chi connectivity index (χ2v) is 6.05. The standard InChI is InChI=1S/C19H16N4O5/c1-11-6-17(23-28-11)22-19(25)13-7-12(9-20-10-13)18(24)21-14-2-3-15-16(8-14)27-5-4-26-15/h2-3,6-10H,4-5H2,1H3,(H,21,24)(H,22,23,25). The zero-order valence-corrected chi connectivity index (χ0v) is 14.9. The van der Waals surface area contributed by atoms with Gasteiger partial charge in [0.1, 0.15) is 19.0 Å². The first kappa shape index (κ1) is 17.5.